The lowest BCUT2D eigenvalue weighted by Gasteiger charge is -2.34. The van der Waals surface area contributed by atoms with Crippen LogP contribution in [0.25, 0.3) is 5.69 Å². The molecule has 34 heavy (non-hydrogen) atoms. The highest BCUT2D eigenvalue weighted by Gasteiger charge is 2.37. The van der Waals surface area contributed by atoms with Gasteiger partial charge in [-0.2, -0.15) is 5.10 Å². The molecule has 2 amide bonds. The van der Waals surface area contributed by atoms with Gasteiger partial charge in [0.1, 0.15) is 11.6 Å². The summed E-state index contributed by atoms with van der Waals surface area (Å²) in [4.78, 5) is 29.8. The van der Waals surface area contributed by atoms with E-state index in [2.05, 4.69) is 0 Å². The molecule has 0 fully saturated rings. The molecule has 3 aromatic rings. The van der Waals surface area contributed by atoms with Gasteiger partial charge in [-0.3, -0.25) is 14.5 Å². The van der Waals surface area contributed by atoms with E-state index in [-0.39, 0.29) is 24.2 Å². The molecule has 2 heterocycles. The predicted molar refractivity (Wildman–Crippen MR) is 126 cm³/mol. The van der Waals surface area contributed by atoms with Gasteiger partial charge in [0, 0.05) is 25.4 Å². The lowest BCUT2D eigenvalue weighted by Crippen LogP contribution is -2.50. The first-order chi connectivity index (χ1) is 16.4. The number of rotatable bonds is 3. The second kappa shape index (κ2) is 8.93. The van der Waals surface area contributed by atoms with Crippen molar-refractivity contribution in [1.29, 1.82) is 0 Å². The molecule has 5 rings (SSSR count). The Morgan fingerprint density at radius 3 is 2.53 bits per heavy atom. The van der Waals surface area contributed by atoms with E-state index < -0.39 is 6.10 Å². The fourth-order valence-electron chi connectivity index (χ4n) is 4.71. The fraction of sp³-hybridized carbons (Fsp3) is 0.346. The van der Waals surface area contributed by atoms with E-state index in [1.54, 1.807) is 41.9 Å². The highest BCUT2D eigenvalue weighted by atomic mass is 19.1. The first-order valence-electron chi connectivity index (χ1n) is 11.6. The van der Waals surface area contributed by atoms with Crippen LogP contribution < -0.4 is 9.64 Å². The van der Waals surface area contributed by atoms with Crippen molar-refractivity contribution >= 4 is 17.5 Å². The Morgan fingerprint density at radius 2 is 1.76 bits per heavy atom. The second-order valence-electron chi connectivity index (χ2n) is 8.95. The van der Waals surface area contributed by atoms with Crippen LogP contribution in [0.15, 0.2) is 48.5 Å². The number of aromatic nitrogens is 2. The second-order valence-corrected chi connectivity index (χ2v) is 8.95. The van der Waals surface area contributed by atoms with E-state index >= 15 is 0 Å². The molecule has 0 saturated heterocycles. The summed E-state index contributed by atoms with van der Waals surface area (Å²) in [6, 6.07) is 13.4. The Balaban J connectivity index is 1.59. The molecule has 176 valence electrons. The molecule has 0 spiro atoms. The van der Waals surface area contributed by atoms with E-state index in [9.17, 15) is 14.0 Å². The summed E-state index contributed by atoms with van der Waals surface area (Å²) >= 11 is 0. The molecule has 2 aromatic carbocycles. The van der Waals surface area contributed by atoms with Gasteiger partial charge >= 0.3 is 0 Å². The number of carbonyl (C=O) groups excluding carboxylic acids is 2. The van der Waals surface area contributed by atoms with Gasteiger partial charge in [0.15, 0.2) is 11.8 Å². The standard InChI is InChI=1S/C26H27FN4O3/c1-29(2)25(32)23-16-30(21-10-6-7-11-22(21)34-23)26(33)24-19-8-4-3-5-9-20(19)31(28-24)18-14-12-17(27)13-15-18/h6-7,10-15,23H,3-5,8-9,16H2,1-2H3/t23-/m1/s1. The SMILES string of the molecule is CN(C)C(=O)[C@H]1CN(C(=O)c2nn(-c3ccc(F)cc3)c3c2CCCCC3)c2ccccc2O1. The number of hydrogen-bond donors (Lipinski definition) is 0. The third-order valence-corrected chi connectivity index (χ3v) is 6.44. The van der Waals surface area contributed by atoms with Crippen LogP contribution in [-0.2, 0) is 17.6 Å². The monoisotopic (exact) mass is 462 g/mol. The summed E-state index contributed by atoms with van der Waals surface area (Å²) in [6.45, 7) is 0.102. The molecule has 1 atom stereocenters. The van der Waals surface area contributed by atoms with Crippen LogP contribution in [0.2, 0.25) is 0 Å². The van der Waals surface area contributed by atoms with Crippen LogP contribution in [0.1, 0.15) is 41.0 Å². The normalized spacial score (nSPS) is 17.3. The molecule has 1 aromatic heterocycles. The number of halogens is 1. The first kappa shape index (κ1) is 22.1. The number of nitrogens with zero attached hydrogens (tertiary/aromatic N) is 4. The molecule has 1 aliphatic carbocycles. The van der Waals surface area contributed by atoms with Crippen molar-refractivity contribution in [1.82, 2.24) is 14.7 Å². The van der Waals surface area contributed by atoms with Crippen LogP contribution in [0, 0.1) is 5.82 Å². The van der Waals surface area contributed by atoms with Crippen molar-refractivity contribution in [3.8, 4) is 11.4 Å². The molecule has 0 radical (unpaired) electrons. The molecule has 0 N–H and O–H groups in total. The summed E-state index contributed by atoms with van der Waals surface area (Å²) < 4.78 is 21.3. The first-order valence-corrected chi connectivity index (χ1v) is 11.6. The predicted octanol–water partition coefficient (Wildman–Crippen LogP) is 3.78. The Bertz CT molecular complexity index is 1240. The van der Waals surface area contributed by atoms with Gasteiger partial charge in [0.25, 0.3) is 11.8 Å². The van der Waals surface area contributed by atoms with Crippen molar-refractivity contribution < 1.29 is 18.7 Å². The minimum Gasteiger partial charge on any atom is -0.476 e. The van der Waals surface area contributed by atoms with Gasteiger partial charge in [-0.1, -0.05) is 18.6 Å². The number of para-hydroxylation sites is 2. The maximum atomic E-state index is 14.0. The Labute approximate surface area is 197 Å². The van der Waals surface area contributed by atoms with Crippen LogP contribution >= 0.6 is 0 Å². The average molecular weight is 463 g/mol. The molecule has 2 aliphatic rings. The van der Waals surface area contributed by atoms with E-state index in [4.69, 9.17) is 9.84 Å². The van der Waals surface area contributed by atoms with Crippen LogP contribution in [0.4, 0.5) is 10.1 Å². The van der Waals surface area contributed by atoms with Crippen molar-refractivity contribution in [3.05, 3.63) is 71.3 Å². The Kier molecular flexibility index (Phi) is 5.81. The summed E-state index contributed by atoms with van der Waals surface area (Å²) in [6.07, 6.45) is 3.81. The quantitative estimate of drug-likeness (QED) is 0.556. The van der Waals surface area contributed by atoms with Gasteiger partial charge in [-0.25, -0.2) is 9.07 Å². The van der Waals surface area contributed by atoms with Crippen molar-refractivity contribution in [2.24, 2.45) is 0 Å². The molecule has 0 unspecified atom stereocenters. The maximum absolute atomic E-state index is 14.0. The van der Waals surface area contributed by atoms with Gasteiger partial charge in [0.2, 0.25) is 0 Å². The van der Waals surface area contributed by atoms with Crippen molar-refractivity contribution in [2.45, 2.75) is 38.2 Å². The lowest BCUT2D eigenvalue weighted by atomic mass is 10.1. The summed E-state index contributed by atoms with van der Waals surface area (Å²) in [5.74, 6) is -0.291. The summed E-state index contributed by atoms with van der Waals surface area (Å²) in [5.41, 5.74) is 3.66. The van der Waals surface area contributed by atoms with E-state index in [1.807, 2.05) is 18.2 Å². The molecular formula is C26H27FN4O3. The highest BCUT2D eigenvalue weighted by molar-refractivity contribution is 6.07. The minimum absolute atomic E-state index is 0.102. The number of hydrogen-bond acceptors (Lipinski definition) is 4. The molecule has 0 bridgehead atoms. The molecule has 0 saturated carbocycles. The van der Waals surface area contributed by atoms with Gasteiger partial charge in [-0.05, 0) is 62.1 Å². The lowest BCUT2D eigenvalue weighted by molar-refractivity contribution is -0.135. The van der Waals surface area contributed by atoms with Crippen LogP contribution in [0.5, 0.6) is 5.75 Å². The van der Waals surface area contributed by atoms with Gasteiger partial charge < -0.3 is 9.64 Å². The number of carbonyl (C=O) groups is 2. The Hall–Kier alpha value is -3.68. The summed E-state index contributed by atoms with van der Waals surface area (Å²) in [7, 11) is 3.34. The van der Waals surface area contributed by atoms with Crippen LogP contribution in [-0.4, -0.2) is 53.2 Å². The molecular weight excluding hydrogens is 435 g/mol. The molecule has 7 nitrogen and oxygen atoms in total. The highest BCUT2D eigenvalue weighted by Crippen LogP contribution is 2.36. The topological polar surface area (TPSA) is 67.7 Å². The number of anilines is 1. The maximum Gasteiger partial charge on any atom is 0.279 e. The molecule has 8 heteroatoms. The number of amides is 2. The zero-order chi connectivity index (χ0) is 23.8. The number of fused-ring (bicyclic) bond motifs is 2. The third-order valence-electron chi connectivity index (χ3n) is 6.44. The smallest absolute Gasteiger partial charge is 0.279 e. The minimum atomic E-state index is -0.799. The fourth-order valence-corrected chi connectivity index (χ4v) is 4.71. The van der Waals surface area contributed by atoms with E-state index in [0.717, 1.165) is 49.0 Å². The Morgan fingerprint density at radius 1 is 1.03 bits per heavy atom. The number of likely N-dealkylation sites (N-methyl/N-ethyl adjacent to an activating group) is 1. The van der Waals surface area contributed by atoms with Crippen LogP contribution in [0.3, 0.4) is 0 Å². The number of ether oxygens (including phenoxy) is 1. The average Bonchev–Trinajstić information content (AvgIpc) is 3.03. The van der Waals surface area contributed by atoms with Crippen molar-refractivity contribution in [3.63, 3.8) is 0 Å². The van der Waals surface area contributed by atoms with Crippen molar-refractivity contribution in [2.75, 3.05) is 25.5 Å². The van der Waals surface area contributed by atoms with Gasteiger partial charge in [0.05, 0.1) is 17.9 Å². The number of benzene rings is 2. The molecule has 1 aliphatic heterocycles. The van der Waals surface area contributed by atoms with E-state index in [1.165, 1.54) is 17.0 Å². The van der Waals surface area contributed by atoms with Gasteiger partial charge in [-0.15, -0.1) is 0 Å². The zero-order valence-corrected chi connectivity index (χ0v) is 19.3. The third kappa shape index (κ3) is 3.93. The van der Waals surface area contributed by atoms with E-state index in [0.29, 0.717) is 17.1 Å². The zero-order valence-electron chi connectivity index (χ0n) is 19.3. The largest absolute Gasteiger partial charge is 0.476 e. The summed E-state index contributed by atoms with van der Waals surface area (Å²) in [5, 5.41) is 4.75.